The van der Waals surface area contributed by atoms with Gasteiger partial charge in [-0.1, -0.05) is 42.0 Å². The Morgan fingerprint density at radius 2 is 1.92 bits per heavy atom. The molecule has 6 heteroatoms. The highest BCUT2D eigenvalue weighted by atomic mass is 16.5. The quantitative estimate of drug-likeness (QED) is 0.198. The second kappa shape index (κ2) is 12.3. The highest BCUT2D eigenvalue weighted by molar-refractivity contribution is 5.95. The maximum Gasteiger partial charge on any atom is 0.251 e. The summed E-state index contributed by atoms with van der Waals surface area (Å²) in [6, 6.07) is 20.0. The van der Waals surface area contributed by atoms with Crippen LogP contribution in [0.3, 0.4) is 0 Å². The van der Waals surface area contributed by atoms with Crippen LogP contribution in [-0.2, 0) is 19.4 Å². The molecule has 0 atom stereocenters. The van der Waals surface area contributed by atoms with Crippen molar-refractivity contribution in [2.75, 3.05) is 20.3 Å². The van der Waals surface area contributed by atoms with E-state index in [2.05, 4.69) is 22.5 Å². The lowest BCUT2D eigenvalue weighted by Gasteiger charge is -2.13. The Kier molecular flexibility index (Phi) is 8.62. The highest BCUT2D eigenvalue weighted by Gasteiger charge is 2.13. The van der Waals surface area contributed by atoms with Crippen LogP contribution < -0.4 is 14.8 Å². The smallest absolute Gasteiger partial charge is 0.251 e. The Morgan fingerprint density at radius 1 is 1.08 bits per heavy atom. The van der Waals surface area contributed by atoms with E-state index in [9.17, 15) is 4.79 Å². The van der Waals surface area contributed by atoms with Crippen LogP contribution in [0, 0.1) is 13.8 Å². The number of imidazole rings is 1. The number of rotatable bonds is 12. The normalized spacial score (nSPS) is 10.9. The van der Waals surface area contributed by atoms with Crippen molar-refractivity contribution in [3.8, 4) is 11.5 Å². The molecule has 1 amide bonds. The summed E-state index contributed by atoms with van der Waals surface area (Å²) >= 11 is 0. The van der Waals surface area contributed by atoms with Gasteiger partial charge in [-0.15, -0.1) is 6.58 Å². The largest absolute Gasteiger partial charge is 0.493 e. The van der Waals surface area contributed by atoms with Gasteiger partial charge in [0.15, 0.2) is 11.5 Å². The molecule has 0 aliphatic heterocycles. The molecular weight excluding hydrogens is 462 g/mol. The third-order valence-corrected chi connectivity index (χ3v) is 6.39. The SMILES string of the molecule is C=CCc1ccc(OCCCn2c(CCNC(=O)c3ccc(C)cc3C)nc3ccccc32)c(OC)c1. The molecule has 192 valence electrons. The van der Waals surface area contributed by atoms with Crippen LogP contribution in [0.2, 0.25) is 0 Å². The van der Waals surface area contributed by atoms with Crippen molar-refractivity contribution in [1.29, 1.82) is 0 Å². The van der Waals surface area contributed by atoms with E-state index in [1.807, 2.05) is 74.5 Å². The molecule has 0 saturated heterocycles. The molecule has 4 aromatic rings. The Balaban J connectivity index is 1.38. The molecule has 37 heavy (non-hydrogen) atoms. The number of hydrogen-bond donors (Lipinski definition) is 1. The van der Waals surface area contributed by atoms with Gasteiger partial charge in [0.2, 0.25) is 0 Å². The Labute approximate surface area is 218 Å². The van der Waals surface area contributed by atoms with Crippen molar-refractivity contribution < 1.29 is 14.3 Å². The molecule has 1 heterocycles. The third kappa shape index (κ3) is 6.39. The number of aryl methyl sites for hydroxylation is 3. The summed E-state index contributed by atoms with van der Waals surface area (Å²) in [4.78, 5) is 17.6. The van der Waals surface area contributed by atoms with E-state index in [1.54, 1.807) is 7.11 Å². The van der Waals surface area contributed by atoms with E-state index in [0.717, 1.165) is 64.4 Å². The fourth-order valence-electron chi connectivity index (χ4n) is 4.55. The molecule has 0 aliphatic rings. The van der Waals surface area contributed by atoms with Crippen molar-refractivity contribution >= 4 is 16.9 Å². The molecule has 1 N–H and O–H groups in total. The molecule has 1 aromatic heterocycles. The lowest BCUT2D eigenvalue weighted by atomic mass is 10.1. The van der Waals surface area contributed by atoms with Crippen molar-refractivity contribution in [3.63, 3.8) is 0 Å². The Morgan fingerprint density at radius 3 is 2.70 bits per heavy atom. The van der Waals surface area contributed by atoms with Gasteiger partial charge in [0.1, 0.15) is 5.82 Å². The van der Waals surface area contributed by atoms with Crippen LogP contribution in [0.25, 0.3) is 11.0 Å². The number of amides is 1. The first-order valence-corrected chi connectivity index (χ1v) is 12.7. The van der Waals surface area contributed by atoms with Gasteiger partial charge in [0, 0.05) is 25.1 Å². The molecule has 0 aliphatic carbocycles. The van der Waals surface area contributed by atoms with Crippen LogP contribution in [-0.4, -0.2) is 35.7 Å². The molecule has 0 unspecified atom stereocenters. The Hall–Kier alpha value is -4.06. The number of fused-ring (bicyclic) bond motifs is 1. The second-order valence-corrected chi connectivity index (χ2v) is 9.17. The van der Waals surface area contributed by atoms with Crippen LogP contribution in [0.5, 0.6) is 11.5 Å². The van der Waals surface area contributed by atoms with Gasteiger partial charge in [-0.25, -0.2) is 4.98 Å². The average Bonchev–Trinajstić information content (AvgIpc) is 3.24. The number of nitrogens with zero attached hydrogens (tertiary/aromatic N) is 2. The maximum absolute atomic E-state index is 12.7. The standard InChI is InChI=1S/C31H35N3O3/c1-5-9-24-13-15-28(29(21-24)36-4)37-19-8-18-34-27-11-7-6-10-26(27)33-30(34)16-17-32-31(35)25-14-12-22(2)20-23(25)3/h5-7,10-15,20-21H,1,8-9,16-19H2,2-4H3,(H,32,35). The van der Waals surface area contributed by atoms with Gasteiger partial charge in [-0.3, -0.25) is 4.79 Å². The number of nitrogens with one attached hydrogen (secondary N) is 1. The number of para-hydroxylation sites is 2. The molecule has 0 bridgehead atoms. The number of allylic oxidation sites excluding steroid dienone is 1. The van der Waals surface area contributed by atoms with E-state index < -0.39 is 0 Å². The minimum Gasteiger partial charge on any atom is -0.493 e. The summed E-state index contributed by atoms with van der Waals surface area (Å²) in [7, 11) is 1.66. The predicted octanol–water partition coefficient (Wildman–Crippen LogP) is 5.83. The summed E-state index contributed by atoms with van der Waals surface area (Å²) in [5.41, 5.74) is 6.03. The van der Waals surface area contributed by atoms with Crippen molar-refractivity contribution in [2.45, 2.75) is 39.7 Å². The van der Waals surface area contributed by atoms with Crippen LogP contribution in [0.4, 0.5) is 0 Å². The number of carbonyl (C=O) groups excluding carboxylic acids is 1. The van der Waals surface area contributed by atoms with Gasteiger partial charge in [0.25, 0.3) is 5.91 Å². The predicted molar refractivity (Wildman–Crippen MR) is 149 cm³/mol. The molecule has 0 radical (unpaired) electrons. The fourth-order valence-corrected chi connectivity index (χ4v) is 4.55. The highest BCUT2D eigenvalue weighted by Crippen LogP contribution is 2.28. The van der Waals surface area contributed by atoms with E-state index >= 15 is 0 Å². The zero-order valence-electron chi connectivity index (χ0n) is 21.9. The van der Waals surface area contributed by atoms with E-state index in [1.165, 1.54) is 0 Å². The van der Waals surface area contributed by atoms with Gasteiger partial charge >= 0.3 is 0 Å². The number of hydrogen-bond acceptors (Lipinski definition) is 4. The van der Waals surface area contributed by atoms with E-state index in [-0.39, 0.29) is 5.91 Å². The summed E-state index contributed by atoms with van der Waals surface area (Å²) in [6.45, 7) is 9.61. The number of aromatic nitrogens is 2. The van der Waals surface area contributed by atoms with Gasteiger partial charge in [-0.2, -0.15) is 0 Å². The molecule has 0 spiro atoms. The molecule has 3 aromatic carbocycles. The zero-order chi connectivity index (χ0) is 26.2. The van der Waals surface area contributed by atoms with Crippen molar-refractivity contribution in [1.82, 2.24) is 14.9 Å². The molecular formula is C31H35N3O3. The first-order chi connectivity index (χ1) is 18.0. The molecule has 0 saturated carbocycles. The number of benzene rings is 3. The number of methoxy groups -OCH3 is 1. The van der Waals surface area contributed by atoms with Gasteiger partial charge in [0.05, 0.1) is 24.8 Å². The maximum atomic E-state index is 12.7. The summed E-state index contributed by atoms with van der Waals surface area (Å²) < 4.78 is 13.8. The van der Waals surface area contributed by atoms with E-state index in [0.29, 0.717) is 25.1 Å². The molecule has 4 rings (SSSR count). The summed E-state index contributed by atoms with van der Waals surface area (Å²) in [5.74, 6) is 2.36. The topological polar surface area (TPSA) is 65.4 Å². The lowest BCUT2D eigenvalue weighted by molar-refractivity contribution is 0.0953. The monoisotopic (exact) mass is 497 g/mol. The van der Waals surface area contributed by atoms with Gasteiger partial charge < -0.3 is 19.4 Å². The zero-order valence-corrected chi connectivity index (χ0v) is 21.9. The minimum absolute atomic E-state index is 0.0541. The second-order valence-electron chi connectivity index (χ2n) is 9.17. The summed E-state index contributed by atoms with van der Waals surface area (Å²) in [5, 5.41) is 3.06. The van der Waals surface area contributed by atoms with Gasteiger partial charge in [-0.05, 0) is 68.1 Å². The Bertz CT molecular complexity index is 1390. The number of ether oxygens (including phenoxy) is 2. The van der Waals surface area contributed by atoms with Crippen LogP contribution in [0.1, 0.15) is 39.3 Å². The van der Waals surface area contributed by atoms with E-state index in [4.69, 9.17) is 14.5 Å². The lowest BCUT2D eigenvalue weighted by Crippen LogP contribution is -2.27. The third-order valence-electron chi connectivity index (χ3n) is 6.39. The number of carbonyl (C=O) groups is 1. The average molecular weight is 498 g/mol. The first-order valence-electron chi connectivity index (χ1n) is 12.7. The fraction of sp³-hybridized carbons (Fsp3) is 0.290. The molecule has 0 fully saturated rings. The molecule has 6 nitrogen and oxygen atoms in total. The van der Waals surface area contributed by atoms with Crippen LogP contribution >= 0.6 is 0 Å². The summed E-state index contributed by atoms with van der Waals surface area (Å²) in [6.07, 6.45) is 4.11. The van der Waals surface area contributed by atoms with Crippen molar-refractivity contribution in [3.05, 3.63) is 101 Å². The van der Waals surface area contributed by atoms with Crippen LogP contribution in [0.15, 0.2) is 73.3 Å². The minimum atomic E-state index is -0.0541. The van der Waals surface area contributed by atoms with Crippen molar-refractivity contribution in [2.24, 2.45) is 0 Å². The first kappa shape index (κ1) is 26.0.